The molecule has 0 atom stereocenters. The molecule has 0 radical (unpaired) electrons. The van der Waals surface area contributed by atoms with Crippen LogP contribution in [0.1, 0.15) is 24.5 Å². The summed E-state index contributed by atoms with van der Waals surface area (Å²) in [5.74, 6) is 0.548. The Labute approximate surface area is 149 Å². The molecular formula is C19H25ClFNO2. The quantitative estimate of drug-likeness (QED) is 0.644. The van der Waals surface area contributed by atoms with Crippen LogP contribution in [0.15, 0.2) is 48.5 Å². The second kappa shape index (κ2) is 11.8. The van der Waals surface area contributed by atoms with E-state index in [2.05, 4.69) is 5.32 Å². The first-order valence-corrected chi connectivity index (χ1v) is 8.04. The van der Waals surface area contributed by atoms with Crippen LogP contribution in [0.2, 0.25) is 0 Å². The lowest BCUT2D eigenvalue weighted by molar-refractivity contribution is 0.144. The smallest absolute Gasteiger partial charge is 0.129 e. The lowest BCUT2D eigenvalue weighted by Gasteiger charge is -2.12. The molecule has 0 aromatic heterocycles. The number of hydrogen-bond donors (Lipinski definition) is 1. The van der Waals surface area contributed by atoms with Crippen LogP contribution in [0.25, 0.3) is 0 Å². The molecule has 0 saturated heterocycles. The standard InChI is InChI=1S/C19H24FNO2.ClH/c1-2-22-13-7-12-21-14-16-8-4-6-11-19(16)23-15-17-9-3-5-10-18(17)20;/h3-6,8-11,21H,2,7,12-15H2,1H3;1H. The van der Waals surface area contributed by atoms with Crippen molar-refractivity contribution in [2.45, 2.75) is 26.5 Å². The Bertz CT molecular complexity index is 595. The number of rotatable bonds is 10. The second-order valence-electron chi connectivity index (χ2n) is 5.22. The van der Waals surface area contributed by atoms with Gasteiger partial charge >= 0.3 is 0 Å². The summed E-state index contributed by atoms with van der Waals surface area (Å²) in [4.78, 5) is 0. The van der Waals surface area contributed by atoms with Crippen molar-refractivity contribution in [3.8, 4) is 5.75 Å². The minimum Gasteiger partial charge on any atom is -0.488 e. The normalized spacial score (nSPS) is 10.2. The van der Waals surface area contributed by atoms with Crippen LogP contribution in [0.4, 0.5) is 4.39 Å². The fourth-order valence-corrected chi connectivity index (χ4v) is 2.23. The number of hydrogen-bond acceptors (Lipinski definition) is 3. The van der Waals surface area contributed by atoms with Crippen molar-refractivity contribution in [2.24, 2.45) is 0 Å². The minimum absolute atomic E-state index is 0. The molecule has 132 valence electrons. The Hall–Kier alpha value is -1.62. The van der Waals surface area contributed by atoms with Gasteiger partial charge in [0.1, 0.15) is 18.2 Å². The van der Waals surface area contributed by atoms with E-state index in [1.807, 2.05) is 37.3 Å². The summed E-state index contributed by atoms with van der Waals surface area (Å²) >= 11 is 0. The predicted octanol–water partition coefficient (Wildman–Crippen LogP) is 4.34. The highest BCUT2D eigenvalue weighted by atomic mass is 35.5. The third kappa shape index (κ3) is 6.87. The molecule has 0 saturated carbocycles. The van der Waals surface area contributed by atoms with E-state index in [4.69, 9.17) is 9.47 Å². The fourth-order valence-electron chi connectivity index (χ4n) is 2.23. The predicted molar refractivity (Wildman–Crippen MR) is 97.2 cm³/mol. The summed E-state index contributed by atoms with van der Waals surface area (Å²) < 4.78 is 24.7. The number of para-hydroxylation sites is 1. The molecule has 0 aliphatic carbocycles. The van der Waals surface area contributed by atoms with Gasteiger partial charge in [-0.1, -0.05) is 36.4 Å². The van der Waals surface area contributed by atoms with Crippen molar-refractivity contribution in [3.63, 3.8) is 0 Å². The molecule has 3 nitrogen and oxygen atoms in total. The van der Waals surface area contributed by atoms with Gasteiger partial charge in [0, 0.05) is 30.9 Å². The van der Waals surface area contributed by atoms with E-state index in [1.54, 1.807) is 12.1 Å². The number of nitrogens with one attached hydrogen (secondary N) is 1. The topological polar surface area (TPSA) is 30.5 Å². The van der Waals surface area contributed by atoms with Crippen LogP contribution < -0.4 is 10.1 Å². The van der Waals surface area contributed by atoms with Gasteiger partial charge in [0.15, 0.2) is 0 Å². The monoisotopic (exact) mass is 353 g/mol. The molecule has 0 aliphatic rings. The molecule has 5 heteroatoms. The molecule has 1 N–H and O–H groups in total. The molecule has 0 aliphatic heterocycles. The van der Waals surface area contributed by atoms with Crippen molar-refractivity contribution >= 4 is 12.4 Å². The molecule has 0 amide bonds. The summed E-state index contributed by atoms with van der Waals surface area (Å²) in [5, 5.41) is 3.38. The maximum absolute atomic E-state index is 13.6. The minimum atomic E-state index is -0.237. The van der Waals surface area contributed by atoms with Gasteiger partial charge in [-0.3, -0.25) is 0 Å². The van der Waals surface area contributed by atoms with Crippen molar-refractivity contribution in [3.05, 3.63) is 65.5 Å². The Morgan fingerprint density at radius 3 is 2.46 bits per heavy atom. The lowest BCUT2D eigenvalue weighted by Crippen LogP contribution is -2.17. The maximum Gasteiger partial charge on any atom is 0.129 e. The number of ether oxygens (including phenoxy) is 2. The van der Waals surface area contributed by atoms with Crippen molar-refractivity contribution in [1.29, 1.82) is 0 Å². The van der Waals surface area contributed by atoms with E-state index >= 15 is 0 Å². The van der Waals surface area contributed by atoms with Gasteiger partial charge in [0.05, 0.1) is 0 Å². The first kappa shape index (κ1) is 20.4. The van der Waals surface area contributed by atoms with Crippen molar-refractivity contribution < 1.29 is 13.9 Å². The summed E-state index contributed by atoms with van der Waals surface area (Å²) in [6.45, 7) is 5.37. The summed E-state index contributed by atoms with van der Waals surface area (Å²) in [7, 11) is 0. The van der Waals surface area contributed by atoms with Crippen molar-refractivity contribution in [1.82, 2.24) is 5.32 Å². The van der Waals surface area contributed by atoms with E-state index in [0.29, 0.717) is 5.56 Å². The third-order valence-electron chi connectivity index (χ3n) is 3.48. The summed E-state index contributed by atoms with van der Waals surface area (Å²) in [6, 6.07) is 14.5. The first-order chi connectivity index (χ1) is 11.3. The molecule has 0 bridgehead atoms. The highest BCUT2D eigenvalue weighted by molar-refractivity contribution is 5.85. The van der Waals surface area contributed by atoms with E-state index in [0.717, 1.165) is 44.0 Å². The first-order valence-electron chi connectivity index (χ1n) is 8.04. The molecule has 24 heavy (non-hydrogen) atoms. The van der Waals surface area contributed by atoms with Gasteiger partial charge in [-0.05, 0) is 32.0 Å². The van der Waals surface area contributed by atoms with E-state index in [-0.39, 0.29) is 24.8 Å². The third-order valence-corrected chi connectivity index (χ3v) is 3.48. The SMILES string of the molecule is CCOCCCNCc1ccccc1OCc1ccccc1F.Cl. The Morgan fingerprint density at radius 2 is 1.71 bits per heavy atom. The molecule has 2 aromatic carbocycles. The number of benzene rings is 2. The Morgan fingerprint density at radius 1 is 1.00 bits per heavy atom. The molecule has 0 unspecified atom stereocenters. The number of halogens is 2. The van der Waals surface area contributed by atoms with Crippen LogP contribution in [0.5, 0.6) is 5.75 Å². The molecule has 2 aromatic rings. The van der Waals surface area contributed by atoms with Crippen LogP contribution in [-0.2, 0) is 17.9 Å². The van der Waals surface area contributed by atoms with E-state index < -0.39 is 0 Å². The zero-order valence-electron chi connectivity index (χ0n) is 14.0. The zero-order chi connectivity index (χ0) is 16.3. The molecule has 0 spiro atoms. The van der Waals surface area contributed by atoms with Gasteiger partial charge in [0.2, 0.25) is 0 Å². The highest BCUT2D eigenvalue weighted by Gasteiger charge is 2.05. The van der Waals surface area contributed by atoms with Crippen LogP contribution in [0, 0.1) is 5.82 Å². The van der Waals surface area contributed by atoms with E-state index in [1.165, 1.54) is 6.07 Å². The Kier molecular flexibility index (Phi) is 10.1. The van der Waals surface area contributed by atoms with Gasteiger partial charge in [-0.25, -0.2) is 4.39 Å². The second-order valence-corrected chi connectivity index (χ2v) is 5.22. The van der Waals surface area contributed by atoms with Gasteiger partial charge in [-0.15, -0.1) is 12.4 Å². The van der Waals surface area contributed by atoms with Gasteiger partial charge in [-0.2, -0.15) is 0 Å². The summed E-state index contributed by atoms with van der Waals surface area (Å²) in [6.07, 6.45) is 0.978. The largest absolute Gasteiger partial charge is 0.488 e. The zero-order valence-corrected chi connectivity index (χ0v) is 14.8. The average molecular weight is 354 g/mol. The fraction of sp³-hybridized carbons (Fsp3) is 0.368. The molecule has 0 fully saturated rings. The molecular weight excluding hydrogens is 329 g/mol. The lowest BCUT2D eigenvalue weighted by atomic mass is 10.2. The average Bonchev–Trinajstić information content (AvgIpc) is 2.58. The van der Waals surface area contributed by atoms with E-state index in [9.17, 15) is 4.39 Å². The van der Waals surface area contributed by atoms with Crippen LogP contribution in [0.3, 0.4) is 0 Å². The maximum atomic E-state index is 13.6. The highest BCUT2D eigenvalue weighted by Crippen LogP contribution is 2.20. The van der Waals surface area contributed by atoms with Gasteiger partial charge in [0.25, 0.3) is 0 Å². The van der Waals surface area contributed by atoms with Crippen LogP contribution >= 0.6 is 12.4 Å². The van der Waals surface area contributed by atoms with Crippen LogP contribution in [-0.4, -0.2) is 19.8 Å². The summed E-state index contributed by atoms with van der Waals surface area (Å²) in [5.41, 5.74) is 1.63. The molecule has 2 rings (SSSR count). The molecule has 0 heterocycles. The Balaban J connectivity index is 0.00000288. The van der Waals surface area contributed by atoms with Gasteiger partial charge < -0.3 is 14.8 Å². The van der Waals surface area contributed by atoms with Crippen molar-refractivity contribution in [2.75, 3.05) is 19.8 Å².